The Morgan fingerprint density at radius 1 is 1.38 bits per heavy atom. The van der Waals surface area contributed by atoms with Gasteiger partial charge in [-0.1, -0.05) is 23.7 Å². The highest BCUT2D eigenvalue weighted by Crippen LogP contribution is 2.18. The molecule has 0 radical (unpaired) electrons. The monoisotopic (exact) mass is 319 g/mol. The maximum absolute atomic E-state index is 12.3. The quantitative estimate of drug-likeness (QED) is 0.790. The molecule has 0 saturated carbocycles. The Morgan fingerprint density at radius 3 is 2.90 bits per heavy atom. The number of carbonyl (C=O) groups excluding carboxylic acids is 1. The smallest absolute Gasteiger partial charge is 0.282 e. The minimum absolute atomic E-state index is 0.163. The molecule has 2 heterocycles. The molecule has 0 aliphatic rings. The van der Waals surface area contributed by atoms with Gasteiger partial charge in [0.2, 0.25) is 0 Å². The number of carbonyl (C=O) groups is 1. The van der Waals surface area contributed by atoms with E-state index in [9.17, 15) is 9.59 Å². The lowest BCUT2D eigenvalue weighted by Gasteiger charge is -2.08. The third kappa shape index (κ3) is 2.43. The normalized spacial score (nSPS) is 10.8. The van der Waals surface area contributed by atoms with E-state index in [0.29, 0.717) is 21.2 Å². The molecule has 0 unspecified atom stereocenters. The first kappa shape index (κ1) is 13.8. The first-order valence-corrected chi connectivity index (χ1v) is 7.36. The zero-order valence-electron chi connectivity index (χ0n) is 11.0. The van der Waals surface area contributed by atoms with E-state index in [2.05, 4.69) is 10.3 Å². The number of aryl methyl sites for hydroxylation is 1. The Hall–Kier alpha value is -2.18. The molecule has 0 aliphatic carbocycles. The highest BCUT2D eigenvalue weighted by atomic mass is 35.5. The van der Waals surface area contributed by atoms with Crippen LogP contribution in [0.15, 0.2) is 40.6 Å². The SMILES string of the molecule is Cc1nc2sccn2c(=O)c1NC(=O)c1ccccc1Cl. The van der Waals surface area contributed by atoms with Crippen molar-refractivity contribution in [2.45, 2.75) is 6.92 Å². The van der Waals surface area contributed by atoms with E-state index < -0.39 is 5.91 Å². The van der Waals surface area contributed by atoms with E-state index in [0.717, 1.165) is 0 Å². The van der Waals surface area contributed by atoms with Crippen molar-refractivity contribution in [3.05, 3.63) is 62.5 Å². The van der Waals surface area contributed by atoms with Crippen LogP contribution in [0.1, 0.15) is 16.1 Å². The molecule has 5 nitrogen and oxygen atoms in total. The number of amides is 1. The van der Waals surface area contributed by atoms with Crippen LogP contribution in [-0.4, -0.2) is 15.3 Å². The van der Waals surface area contributed by atoms with Crippen LogP contribution in [0.4, 0.5) is 5.69 Å². The van der Waals surface area contributed by atoms with E-state index in [4.69, 9.17) is 11.6 Å². The summed E-state index contributed by atoms with van der Waals surface area (Å²) in [7, 11) is 0. The molecular formula is C14H10ClN3O2S. The zero-order chi connectivity index (χ0) is 15.0. The summed E-state index contributed by atoms with van der Waals surface area (Å²) in [4.78, 5) is 29.5. The van der Waals surface area contributed by atoms with E-state index in [1.807, 2.05) is 0 Å². The fourth-order valence-electron chi connectivity index (χ4n) is 1.95. The predicted molar refractivity (Wildman–Crippen MR) is 83.5 cm³/mol. The van der Waals surface area contributed by atoms with E-state index in [-0.39, 0.29) is 11.2 Å². The third-order valence-electron chi connectivity index (χ3n) is 3.00. The molecule has 3 aromatic rings. The number of halogens is 1. The van der Waals surface area contributed by atoms with Gasteiger partial charge in [-0.25, -0.2) is 4.98 Å². The maximum Gasteiger partial charge on any atom is 0.282 e. The van der Waals surface area contributed by atoms with Crippen LogP contribution in [0.2, 0.25) is 5.02 Å². The van der Waals surface area contributed by atoms with E-state index in [1.165, 1.54) is 15.7 Å². The second kappa shape index (κ2) is 5.31. The second-order valence-electron chi connectivity index (χ2n) is 4.37. The Bertz CT molecular complexity index is 901. The van der Waals surface area contributed by atoms with Gasteiger partial charge in [0, 0.05) is 11.6 Å². The molecule has 0 aliphatic heterocycles. The lowest BCUT2D eigenvalue weighted by atomic mass is 10.2. The molecule has 1 amide bonds. The molecule has 21 heavy (non-hydrogen) atoms. The predicted octanol–water partition coefficient (Wildman–Crippen LogP) is 2.97. The fourth-order valence-corrected chi connectivity index (χ4v) is 2.92. The average molecular weight is 320 g/mol. The lowest BCUT2D eigenvalue weighted by Crippen LogP contribution is -2.24. The van der Waals surface area contributed by atoms with Gasteiger partial charge in [0.05, 0.1) is 16.3 Å². The molecule has 0 atom stereocenters. The molecule has 1 aromatic carbocycles. The number of nitrogens with one attached hydrogen (secondary N) is 1. The van der Waals surface area contributed by atoms with Crippen molar-refractivity contribution in [1.29, 1.82) is 0 Å². The lowest BCUT2D eigenvalue weighted by molar-refractivity contribution is 0.102. The minimum Gasteiger partial charge on any atom is -0.316 e. The molecular weight excluding hydrogens is 310 g/mol. The largest absolute Gasteiger partial charge is 0.316 e. The average Bonchev–Trinajstić information content (AvgIpc) is 2.92. The highest BCUT2D eigenvalue weighted by molar-refractivity contribution is 7.15. The molecule has 0 fully saturated rings. The Morgan fingerprint density at radius 2 is 2.14 bits per heavy atom. The number of fused-ring (bicyclic) bond motifs is 1. The van der Waals surface area contributed by atoms with Gasteiger partial charge in [0.1, 0.15) is 5.69 Å². The van der Waals surface area contributed by atoms with Gasteiger partial charge < -0.3 is 5.32 Å². The van der Waals surface area contributed by atoms with Crippen LogP contribution >= 0.6 is 22.9 Å². The van der Waals surface area contributed by atoms with E-state index in [1.54, 1.807) is 42.8 Å². The summed E-state index contributed by atoms with van der Waals surface area (Å²) in [6.45, 7) is 1.68. The number of aromatic nitrogens is 2. The summed E-state index contributed by atoms with van der Waals surface area (Å²) < 4.78 is 1.40. The zero-order valence-corrected chi connectivity index (χ0v) is 12.5. The Kier molecular flexibility index (Phi) is 3.48. The van der Waals surface area contributed by atoms with Gasteiger partial charge in [0.25, 0.3) is 11.5 Å². The minimum atomic E-state index is -0.433. The summed E-state index contributed by atoms with van der Waals surface area (Å²) in [6, 6.07) is 6.66. The van der Waals surface area contributed by atoms with Gasteiger partial charge in [-0.3, -0.25) is 14.0 Å². The molecule has 7 heteroatoms. The van der Waals surface area contributed by atoms with Crippen molar-refractivity contribution in [3.8, 4) is 0 Å². The fraction of sp³-hybridized carbons (Fsp3) is 0.0714. The first-order chi connectivity index (χ1) is 10.1. The van der Waals surface area contributed by atoms with Crippen LogP contribution < -0.4 is 10.9 Å². The summed E-state index contributed by atoms with van der Waals surface area (Å²) in [5.74, 6) is -0.433. The van der Waals surface area contributed by atoms with Gasteiger partial charge in [-0.2, -0.15) is 0 Å². The summed E-state index contributed by atoms with van der Waals surface area (Å²) in [6.07, 6.45) is 1.62. The first-order valence-electron chi connectivity index (χ1n) is 6.10. The van der Waals surface area contributed by atoms with Crippen molar-refractivity contribution in [2.75, 3.05) is 5.32 Å². The molecule has 106 valence electrons. The van der Waals surface area contributed by atoms with Gasteiger partial charge in [0.15, 0.2) is 4.96 Å². The highest BCUT2D eigenvalue weighted by Gasteiger charge is 2.16. The number of rotatable bonds is 2. The van der Waals surface area contributed by atoms with Crippen molar-refractivity contribution in [3.63, 3.8) is 0 Å². The van der Waals surface area contributed by atoms with Gasteiger partial charge >= 0.3 is 0 Å². The van der Waals surface area contributed by atoms with Crippen LogP contribution in [0, 0.1) is 6.92 Å². The number of anilines is 1. The molecule has 0 saturated heterocycles. The van der Waals surface area contributed by atoms with Crippen LogP contribution in [-0.2, 0) is 0 Å². The van der Waals surface area contributed by atoms with Crippen LogP contribution in [0.25, 0.3) is 4.96 Å². The standard InChI is InChI=1S/C14H10ClN3O2S/c1-8-11(13(20)18-6-7-21-14(18)16-8)17-12(19)9-4-2-3-5-10(9)15/h2-7H,1H3,(H,17,19). The molecule has 2 aromatic heterocycles. The summed E-state index contributed by atoms with van der Waals surface area (Å²) in [5, 5.41) is 4.70. The number of thiazole rings is 1. The van der Waals surface area contributed by atoms with Crippen molar-refractivity contribution < 1.29 is 4.79 Å². The van der Waals surface area contributed by atoms with Crippen molar-refractivity contribution in [1.82, 2.24) is 9.38 Å². The number of benzene rings is 1. The van der Waals surface area contributed by atoms with Gasteiger partial charge in [-0.05, 0) is 19.1 Å². The topological polar surface area (TPSA) is 63.5 Å². The van der Waals surface area contributed by atoms with E-state index >= 15 is 0 Å². The molecule has 1 N–H and O–H groups in total. The molecule has 3 rings (SSSR count). The number of nitrogens with zero attached hydrogens (tertiary/aromatic N) is 2. The Labute approximate surface area is 128 Å². The van der Waals surface area contributed by atoms with Crippen molar-refractivity contribution >= 4 is 39.5 Å². The van der Waals surface area contributed by atoms with Gasteiger partial charge in [-0.15, -0.1) is 11.3 Å². The molecule has 0 bridgehead atoms. The molecule has 0 spiro atoms. The summed E-state index contributed by atoms with van der Waals surface area (Å²) >= 11 is 7.34. The second-order valence-corrected chi connectivity index (χ2v) is 5.65. The summed E-state index contributed by atoms with van der Waals surface area (Å²) in [5.41, 5.74) is 0.645. The van der Waals surface area contributed by atoms with Crippen molar-refractivity contribution in [2.24, 2.45) is 0 Å². The number of hydrogen-bond donors (Lipinski definition) is 1. The third-order valence-corrected chi connectivity index (χ3v) is 4.09. The van der Waals surface area contributed by atoms with Crippen LogP contribution in [0.5, 0.6) is 0 Å². The maximum atomic E-state index is 12.3. The number of hydrogen-bond acceptors (Lipinski definition) is 4. The Balaban J connectivity index is 2.04. The van der Waals surface area contributed by atoms with Crippen LogP contribution in [0.3, 0.4) is 0 Å².